The number of carbonyl (C=O) groups excluding carboxylic acids is 1. The van der Waals surface area contributed by atoms with Crippen LogP contribution in [0, 0.1) is 0 Å². The lowest BCUT2D eigenvalue weighted by atomic mass is 10.2. The van der Waals surface area contributed by atoms with Crippen LogP contribution in [-0.4, -0.2) is 15.7 Å². The lowest BCUT2D eigenvalue weighted by Crippen LogP contribution is -2.19. The summed E-state index contributed by atoms with van der Waals surface area (Å²) in [5.41, 5.74) is 0.448. The van der Waals surface area contributed by atoms with Crippen LogP contribution in [0.4, 0.5) is 0 Å². The van der Waals surface area contributed by atoms with Crippen molar-refractivity contribution in [2.75, 3.05) is 0 Å². The summed E-state index contributed by atoms with van der Waals surface area (Å²) >= 11 is 0. The van der Waals surface area contributed by atoms with E-state index in [4.69, 9.17) is 4.84 Å². The number of nitrogens with zero attached hydrogens (tertiary/aromatic N) is 2. The zero-order chi connectivity index (χ0) is 8.97. The molecule has 0 spiro atoms. The van der Waals surface area contributed by atoms with Crippen molar-refractivity contribution >= 4 is 5.97 Å². The van der Waals surface area contributed by atoms with Crippen molar-refractivity contribution in [3.8, 4) is 0 Å². The maximum atomic E-state index is 11.1. The third-order valence-electron chi connectivity index (χ3n) is 1.38. The van der Waals surface area contributed by atoms with Crippen LogP contribution >= 0.6 is 0 Å². The maximum Gasteiger partial charge on any atom is 0.359 e. The molecule has 1 heterocycles. The van der Waals surface area contributed by atoms with Gasteiger partial charge in [0.05, 0.1) is 6.20 Å². The molecule has 12 heavy (non-hydrogen) atoms. The van der Waals surface area contributed by atoms with Crippen LogP contribution in [0.1, 0.15) is 13.3 Å². The molecule has 0 atom stereocenters. The Morgan fingerprint density at radius 2 is 2.50 bits per heavy atom. The first-order chi connectivity index (χ1) is 5.74. The Balaban J connectivity index is 2.53. The second-order valence-corrected chi connectivity index (χ2v) is 2.26. The van der Waals surface area contributed by atoms with E-state index in [-0.39, 0.29) is 0 Å². The molecule has 4 nitrogen and oxygen atoms in total. The Morgan fingerprint density at radius 1 is 1.75 bits per heavy atom. The van der Waals surface area contributed by atoms with E-state index < -0.39 is 5.97 Å². The minimum absolute atomic E-state index is 0.421. The van der Waals surface area contributed by atoms with Crippen molar-refractivity contribution in [2.45, 2.75) is 13.3 Å². The molecule has 0 N–H and O–H groups in total. The highest BCUT2D eigenvalue weighted by Gasteiger charge is 2.06. The van der Waals surface area contributed by atoms with E-state index in [2.05, 4.69) is 11.6 Å². The van der Waals surface area contributed by atoms with Gasteiger partial charge in [0.2, 0.25) is 0 Å². The highest BCUT2D eigenvalue weighted by atomic mass is 16.7. The fourth-order valence-electron chi connectivity index (χ4n) is 0.606. The fraction of sp³-hybridized carbons (Fsp3) is 0.250. The van der Waals surface area contributed by atoms with E-state index in [9.17, 15) is 4.79 Å². The Labute approximate surface area is 70.4 Å². The van der Waals surface area contributed by atoms with E-state index >= 15 is 0 Å². The first kappa shape index (κ1) is 8.52. The normalized spacial score (nSPS) is 9.42. The van der Waals surface area contributed by atoms with Crippen molar-refractivity contribution in [1.29, 1.82) is 0 Å². The quantitative estimate of drug-likeness (QED) is 0.624. The summed E-state index contributed by atoms with van der Waals surface area (Å²) in [7, 11) is 0. The molecule has 1 aromatic heterocycles. The Hall–Kier alpha value is -1.58. The van der Waals surface area contributed by atoms with Gasteiger partial charge in [-0.25, -0.2) is 9.78 Å². The van der Waals surface area contributed by atoms with Crippen LogP contribution in [0.25, 0.3) is 0 Å². The van der Waals surface area contributed by atoms with E-state index in [0.717, 1.165) is 0 Å². The van der Waals surface area contributed by atoms with Crippen LogP contribution in [0.2, 0.25) is 0 Å². The lowest BCUT2D eigenvalue weighted by Gasteiger charge is -2.02. The van der Waals surface area contributed by atoms with E-state index in [1.54, 1.807) is 6.20 Å². The molecule has 0 aliphatic carbocycles. The van der Waals surface area contributed by atoms with Gasteiger partial charge in [-0.05, 0) is 6.42 Å². The minimum Gasteiger partial charge on any atom is -0.330 e. The van der Waals surface area contributed by atoms with E-state index in [1.165, 1.54) is 17.3 Å². The largest absolute Gasteiger partial charge is 0.359 e. The summed E-state index contributed by atoms with van der Waals surface area (Å²) in [5.74, 6) is -0.421. The molecular weight excluding hydrogens is 156 g/mol. The van der Waals surface area contributed by atoms with Gasteiger partial charge in [-0.1, -0.05) is 13.5 Å². The molecule has 0 fully saturated rings. The fourth-order valence-corrected chi connectivity index (χ4v) is 0.606. The second kappa shape index (κ2) is 3.71. The number of carbonyl (C=O) groups is 1. The zero-order valence-electron chi connectivity index (χ0n) is 6.86. The number of rotatable bonds is 3. The lowest BCUT2D eigenvalue weighted by molar-refractivity contribution is -0.139. The SMILES string of the molecule is C=C(CC)C(=O)On1ccnc1. The minimum atomic E-state index is -0.421. The third-order valence-corrected chi connectivity index (χ3v) is 1.38. The van der Waals surface area contributed by atoms with Gasteiger partial charge in [-0.15, -0.1) is 0 Å². The average Bonchev–Trinajstić information content (AvgIpc) is 2.55. The summed E-state index contributed by atoms with van der Waals surface area (Å²) in [5, 5.41) is 0. The predicted molar refractivity (Wildman–Crippen MR) is 43.2 cm³/mol. The molecular formula is C8H10N2O2. The molecule has 0 amide bonds. The predicted octanol–water partition coefficient (Wildman–Crippen LogP) is 0.805. The van der Waals surface area contributed by atoms with Crippen LogP contribution in [0.3, 0.4) is 0 Å². The summed E-state index contributed by atoms with van der Waals surface area (Å²) in [4.78, 5) is 19.6. The highest BCUT2D eigenvalue weighted by molar-refractivity contribution is 5.87. The molecule has 0 unspecified atom stereocenters. The monoisotopic (exact) mass is 166 g/mol. The first-order valence-corrected chi connectivity index (χ1v) is 3.62. The Bertz CT molecular complexity index is 277. The van der Waals surface area contributed by atoms with Gasteiger partial charge in [-0.2, -0.15) is 4.73 Å². The molecule has 0 aromatic carbocycles. The molecule has 0 bridgehead atoms. The standard InChI is InChI=1S/C8H10N2O2/c1-3-7(2)8(11)12-10-5-4-9-6-10/h4-6H,2-3H2,1H3. The number of aromatic nitrogens is 2. The summed E-state index contributed by atoms with van der Waals surface area (Å²) in [6.07, 6.45) is 5.07. The molecule has 0 saturated heterocycles. The van der Waals surface area contributed by atoms with Crippen molar-refractivity contribution in [3.05, 3.63) is 30.9 Å². The average molecular weight is 166 g/mol. The van der Waals surface area contributed by atoms with Crippen LogP contribution in [0.15, 0.2) is 30.9 Å². The molecule has 4 heteroatoms. The van der Waals surface area contributed by atoms with Gasteiger partial charge < -0.3 is 4.84 Å². The molecule has 0 saturated carbocycles. The highest BCUT2D eigenvalue weighted by Crippen LogP contribution is 1.97. The second-order valence-electron chi connectivity index (χ2n) is 2.26. The molecule has 1 rings (SSSR count). The third kappa shape index (κ3) is 1.95. The van der Waals surface area contributed by atoms with Gasteiger partial charge in [-0.3, -0.25) is 0 Å². The summed E-state index contributed by atoms with van der Waals surface area (Å²) in [6, 6.07) is 0. The zero-order valence-corrected chi connectivity index (χ0v) is 6.86. The van der Waals surface area contributed by atoms with Gasteiger partial charge in [0, 0.05) is 11.8 Å². The maximum absolute atomic E-state index is 11.1. The van der Waals surface area contributed by atoms with Crippen molar-refractivity contribution in [2.24, 2.45) is 0 Å². The van der Waals surface area contributed by atoms with E-state index in [1.807, 2.05) is 6.92 Å². The van der Waals surface area contributed by atoms with Crippen molar-refractivity contribution in [3.63, 3.8) is 0 Å². The van der Waals surface area contributed by atoms with E-state index in [0.29, 0.717) is 12.0 Å². The molecule has 64 valence electrons. The summed E-state index contributed by atoms with van der Waals surface area (Å²) < 4.78 is 1.24. The van der Waals surface area contributed by atoms with Gasteiger partial charge >= 0.3 is 5.97 Å². The van der Waals surface area contributed by atoms with Crippen LogP contribution in [-0.2, 0) is 4.79 Å². The van der Waals surface area contributed by atoms with Crippen molar-refractivity contribution < 1.29 is 9.63 Å². The van der Waals surface area contributed by atoms with Crippen molar-refractivity contribution in [1.82, 2.24) is 9.71 Å². The topological polar surface area (TPSA) is 44.1 Å². The molecule has 1 aromatic rings. The van der Waals surface area contributed by atoms with Crippen LogP contribution < -0.4 is 4.84 Å². The summed E-state index contributed by atoms with van der Waals surface area (Å²) in [6.45, 7) is 5.39. The molecule has 0 aliphatic rings. The van der Waals surface area contributed by atoms with Gasteiger partial charge in [0.25, 0.3) is 0 Å². The molecule has 0 aliphatic heterocycles. The number of hydrogen-bond acceptors (Lipinski definition) is 3. The van der Waals surface area contributed by atoms with Gasteiger partial charge in [0.1, 0.15) is 6.33 Å². The molecule has 0 radical (unpaired) electrons. The smallest absolute Gasteiger partial charge is 0.330 e. The van der Waals surface area contributed by atoms with Gasteiger partial charge in [0.15, 0.2) is 0 Å². The Kier molecular flexibility index (Phi) is 2.63. The van der Waals surface area contributed by atoms with Crippen LogP contribution in [0.5, 0.6) is 0 Å². The Morgan fingerprint density at radius 3 is 3.00 bits per heavy atom. The first-order valence-electron chi connectivity index (χ1n) is 3.62. The number of imidazole rings is 1. The number of hydrogen-bond donors (Lipinski definition) is 0.